The molecule has 4 heteroatoms. The molecule has 1 fully saturated rings. The van der Waals surface area contributed by atoms with Crippen LogP contribution in [-0.2, 0) is 6.42 Å². The Morgan fingerprint density at radius 3 is 2.88 bits per heavy atom. The van der Waals surface area contributed by atoms with E-state index in [0.29, 0.717) is 5.82 Å². The molecular formula is C12H20N4. The van der Waals surface area contributed by atoms with Crippen molar-refractivity contribution in [3.05, 3.63) is 17.8 Å². The van der Waals surface area contributed by atoms with E-state index in [9.17, 15) is 0 Å². The van der Waals surface area contributed by atoms with E-state index in [1.54, 1.807) is 0 Å². The minimum absolute atomic E-state index is 0.692. The number of nitrogens with zero attached hydrogens (tertiary/aromatic N) is 2. The normalized spacial score (nSPS) is 16.4. The lowest BCUT2D eigenvalue weighted by Crippen LogP contribution is -2.44. The summed E-state index contributed by atoms with van der Waals surface area (Å²) in [5.41, 5.74) is 8.45. The number of aromatic nitrogens is 1. The fourth-order valence-electron chi connectivity index (χ4n) is 2.21. The number of hydrogen-bond acceptors (Lipinski definition) is 4. The summed E-state index contributed by atoms with van der Waals surface area (Å²) in [4.78, 5) is 6.59. The van der Waals surface area contributed by atoms with Crippen molar-refractivity contribution >= 4 is 11.5 Å². The smallest absolute Gasteiger partial charge is 0.128 e. The van der Waals surface area contributed by atoms with Crippen molar-refractivity contribution in [2.75, 3.05) is 36.8 Å². The maximum absolute atomic E-state index is 5.96. The largest absolute Gasteiger partial charge is 0.383 e. The summed E-state index contributed by atoms with van der Waals surface area (Å²) in [6.45, 7) is 6.38. The van der Waals surface area contributed by atoms with Crippen molar-refractivity contribution in [3.63, 3.8) is 0 Å². The predicted octanol–water partition coefficient (Wildman–Crippen LogP) is 1.03. The first-order chi connectivity index (χ1) is 7.83. The number of nitrogen functional groups attached to an aromatic ring is 1. The monoisotopic (exact) mass is 220 g/mol. The quantitative estimate of drug-likeness (QED) is 0.798. The van der Waals surface area contributed by atoms with Crippen molar-refractivity contribution < 1.29 is 0 Å². The molecule has 1 aliphatic rings. The van der Waals surface area contributed by atoms with Crippen molar-refractivity contribution in [1.29, 1.82) is 0 Å². The second-order valence-corrected chi connectivity index (χ2v) is 4.18. The Balaban J connectivity index is 2.27. The van der Waals surface area contributed by atoms with E-state index in [1.807, 2.05) is 6.20 Å². The lowest BCUT2D eigenvalue weighted by Gasteiger charge is -2.31. The molecule has 88 valence electrons. The van der Waals surface area contributed by atoms with Crippen molar-refractivity contribution in [2.45, 2.75) is 19.8 Å². The van der Waals surface area contributed by atoms with Crippen LogP contribution in [0.2, 0.25) is 0 Å². The second kappa shape index (κ2) is 5.16. The number of anilines is 2. The van der Waals surface area contributed by atoms with Gasteiger partial charge < -0.3 is 16.0 Å². The van der Waals surface area contributed by atoms with Crippen LogP contribution in [0.3, 0.4) is 0 Å². The highest BCUT2D eigenvalue weighted by Crippen LogP contribution is 2.25. The molecule has 1 saturated heterocycles. The SMILES string of the molecule is CCCc1c(N2CCNCC2)ccnc1N. The number of hydrogen-bond donors (Lipinski definition) is 2. The number of rotatable bonds is 3. The first-order valence-electron chi connectivity index (χ1n) is 6.02. The minimum Gasteiger partial charge on any atom is -0.383 e. The number of piperazine rings is 1. The zero-order valence-corrected chi connectivity index (χ0v) is 9.87. The van der Waals surface area contributed by atoms with Gasteiger partial charge in [-0.1, -0.05) is 13.3 Å². The predicted molar refractivity (Wildman–Crippen MR) is 67.7 cm³/mol. The third-order valence-corrected chi connectivity index (χ3v) is 3.02. The fraction of sp³-hybridized carbons (Fsp3) is 0.583. The average molecular weight is 220 g/mol. The van der Waals surface area contributed by atoms with E-state index in [0.717, 1.165) is 39.0 Å². The summed E-state index contributed by atoms with van der Waals surface area (Å²) < 4.78 is 0. The van der Waals surface area contributed by atoms with E-state index in [2.05, 4.69) is 28.2 Å². The lowest BCUT2D eigenvalue weighted by atomic mass is 10.1. The van der Waals surface area contributed by atoms with Crippen LogP contribution in [0.15, 0.2) is 12.3 Å². The average Bonchev–Trinajstić information content (AvgIpc) is 2.33. The molecule has 1 aromatic rings. The third-order valence-electron chi connectivity index (χ3n) is 3.02. The van der Waals surface area contributed by atoms with Gasteiger partial charge in [0.25, 0.3) is 0 Å². The number of pyridine rings is 1. The molecule has 0 atom stereocenters. The lowest BCUT2D eigenvalue weighted by molar-refractivity contribution is 0.587. The van der Waals surface area contributed by atoms with Gasteiger partial charge >= 0.3 is 0 Å². The van der Waals surface area contributed by atoms with Gasteiger partial charge in [0.1, 0.15) is 5.82 Å². The zero-order chi connectivity index (χ0) is 11.4. The molecule has 0 aromatic carbocycles. The van der Waals surface area contributed by atoms with Crippen LogP contribution in [0, 0.1) is 0 Å². The van der Waals surface area contributed by atoms with Crippen LogP contribution in [0.1, 0.15) is 18.9 Å². The maximum atomic E-state index is 5.96. The summed E-state index contributed by atoms with van der Waals surface area (Å²) in [5, 5.41) is 3.36. The highest BCUT2D eigenvalue weighted by Gasteiger charge is 2.15. The molecule has 0 aliphatic carbocycles. The summed E-state index contributed by atoms with van der Waals surface area (Å²) in [6, 6.07) is 2.09. The van der Waals surface area contributed by atoms with Crippen LogP contribution in [0.25, 0.3) is 0 Å². The Labute approximate surface area is 96.8 Å². The Kier molecular flexibility index (Phi) is 3.62. The molecule has 1 aliphatic heterocycles. The number of nitrogens with one attached hydrogen (secondary N) is 1. The molecule has 3 N–H and O–H groups in total. The van der Waals surface area contributed by atoms with Gasteiger partial charge in [0.15, 0.2) is 0 Å². The second-order valence-electron chi connectivity index (χ2n) is 4.18. The van der Waals surface area contributed by atoms with Crippen molar-refractivity contribution in [3.8, 4) is 0 Å². The van der Waals surface area contributed by atoms with Crippen molar-refractivity contribution in [1.82, 2.24) is 10.3 Å². The molecule has 0 spiro atoms. The first kappa shape index (κ1) is 11.2. The molecule has 0 radical (unpaired) electrons. The maximum Gasteiger partial charge on any atom is 0.128 e. The van der Waals surface area contributed by atoms with Gasteiger partial charge in [0.2, 0.25) is 0 Å². The molecule has 0 saturated carbocycles. The Bertz CT molecular complexity index is 345. The summed E-state index contributed by atoms with van der Waals surface area (Å²) in [6.07, 6.45) is 3.93. The molecule has 2 heterocycles. The van der Waals surface area contributed by atoms with Crippen LogP contribution in [0.4, 0.5) is 11.5 Å². The summed E-state index contributed by atoms with van der Waals surface area (Å²) in [7, 11) is 0. The van der Waals surface area contributed by atoms with Crippen LogP contribution >= 0.6 is 0 Å². The molecule has 4 nitrogen and oxygen atoms in total. The Hall–Kier alpha value is -1.29. The van der Waals surface area contributed by atoms with Gasteiger partial charge in [-0.2, -0.15) is 0 Å². The van der Waals surface area contributed by atoms with Crippen molar-refractivity contribution in [2.24, 2.45) is 0 Å². The van der Waals surface area contributed by atoms with Gasteiger partial charge in [-0.3, -0.25) is 0 Å². The molecular weight excluding hydrogens is 200 g/mol. The van der Waals surface area contributed by atoms with Gasteiger partial charge in [-0.15, -0.1) is 0 Å². The zero-order valence-electron chi connectivity index (χ0n) is 9.87. The summed E-state index contributed by atoms with van der Waals surface area (Å²) >= 11 is 0. The van der Waals surface area contributed by atoms with E-state index >= 15 is 0 Å². The third kappa shape index (κ3) is 2.27. The first-order valence-corrected chi connectivity index (χ1v) is 6.02. The van der Waals surface area contributed by atoms with Gasteiger partial charge in [0, 0.05) is 43.6 Å². The van der Waals surface area contributed by atoms with E-state index < -0.39 is 0 Å². The molecule has 1 aromatic heterocycles. The Morgan fingerprint density at radius 2 is 2.19 bits per heavy atom. The highest BCUT2D eigenvalue weighted by atomic mass is 15.2. The van der Waals surface area contributed by atoms with Crippen LogP contribution in [0.5, 0.6) is 0 Å². The van der Waals surface area contributed by atoms with Crippen LogP contribution < -0.4 is 16.0 Å². The molecule has 0 bridgehead atoms. The topological polar surface area (TPSA) is 54.2 Å². The van der Waals surface area contributed by atoms with E-state index in [1.165, 1.54) is 11.3 Å². The van der Waals surface area contributed by atoms with Crippen LogP contribution in [-0.4, -0.2) is 31.2 Å². The molecule has 2 rings (SSSR count). The highest BCUT2D eigenvalue weighted by molar-refractivity contribution is 5.61. The minimum atomic E-state index is 0.692. The summed E-state index contributed by atoms with van der Waals surface area (Å²) in [5.74, 6) is 0.692. The molecule has 16 heavy (non-hydrogen) atoms. The van der Waals surface area contributed by atoms with Gasteiger partial charge in [-0.25, -0.2) is 4.98 Å². The number of nitrogens with two attached hydrogens (primary N) is 1. The van der Waals surface area contributed by atoms with E-state index in [-0.39, 0.29) is 0 Å². The standard InChI is InChI=1S/C12H20N4/c1-2-3-10-11(4-5-15-12(10)13)16-8-6-14-7-9-16/h4-5,14H,2-3,6-9H2,1H3,(H2,13,15). The molecule has 0 unspecified atom stereocenters. The Morgan fingerprint density at radius 1 is 1.44 bits per heavy atom. The van der Waals surface area contributed by atoms with Gasteiger partial charge in [-0.05, 0) is 12.5 Å². The molecule has 0 amide bonds. The van der Waals surface area contributed by atoms with E-state index in [4.69, 9.17) is 5.73 Å². The fourth-order valence-corrected chi connectivity index (χ4v) is 2.21. The van der Waals surface area contributed by atoms with Gasteiger partial charge in [0.05, 0.1) is 0 Å².